The number of thioether (sulfide) groups is 1. The number of hydrogen-bond donors (Lipinski definition) is 2. The highest BCUT2D eigenvalue weighted by Crippen LogP contribution is 2.07. The van der Waals surface area contributed by atoms with Crippen LogP contribution in [0.3, 0.4) is 0 Å². The summed E-state index contributed by atoms with van der Waals surface area (Å²) in [6.07, 6.45) is 1.73. The van der Waals surface area contributed by atoms with Crippen molar-refractivity contribution in [1.29, 1.82) is 5.26 Å². The summed E-state index contributed by atoms with van der Waals surface area (Å²) >= 11 is 1.27. The Hall–Kier alpha value is -1.55. The number of guanidine groups is 1. The first-order chi connectivity index (χ1) is 7.51. The number of nitriles is 1. The average Bonchev–Trinajstić information content (AvgIpc) is 2.24. The molecule has 0 rings (SSSR count). The Balaban J connectivity index is 4.00. The van der Waals surface area contributed by atoms with Gasteiger partial charge in [-0.15, -0.1) is 11.8 Å². The summed E-state index contributed by atoms with van der Waals surface area (Å²) in [6.45, 7) is 3.06. The maximum atomic E-state index is 11.0. The fourth-order valence-electron chi connectivity index (χ4n) is 0.746. The predicted octanol–water partition coefficient (Wildman–Crippen LogP) is -0.130. The number of carbonyl (C=O) groups excluding carboxylic acids is 2. The van der Waals surface area contributed by atoms with E-state index in [4.69, 9.17) is 5.26 Å². The van der Waals surface area contributed by atoms with Crippen molar-refractivity contribution in [2.24, 2.45) is 4.99 Å². The van der Waals surface area contributed by atoms with E-state index >= 15 is 0 Å². The lowest BCUT2D eigenvalue weighted by Crippen LogP contribution is -2.39. The normalized spacial score (nSPS) is 12.5. The van der Waals surface area contributed by atoms with E-state index in [0.717, 1.165) is 0 Å². The lowest BCUT2D eigenvalue weighted by molar-refractivity contribution is -0.133. The van der Waals surface area contributed by atoms with Gasteiger partial charge < -0.3 is 5.32 Å². The summed E-state index contributed by atoms with van der Waals surface area (Å²) in [6, 6.07) is 0. The van der Waals surface area contributed by atoms with E-state index in [1.165, 1.54) is 25.7 Å². The van der Waals surface area contributed by atoms with Crippen LogP contribution in [0.1, 0.15) is 13.8 Å². The highest BCUT2D eigenvalue weighted by atomic mass is 32.2. The van der Waals surface area contributed by atoms with Gasteiger partial charge in [-0.3, -0.25) is 19.9 Å². The zero-order chi connectivity index (χ0) is 12.6. The molecule has 16 heavy (non-hydrogen) atoms. The van der Waals surface area contributed by atoms with Crippen LogP contribution in [0.2, 0.25) is 0 Å². The topological polar surface area (TPSA) is 94.3 Å². The second-order valence-corrected chi connectivity index (χ2v) is 4.22. The van der Waals surface area contributed by atoms with Crippen LogP contribution >= 0.6 is 11.8 Å². The summed E-state index contributed by atoms with van der Waals surface area (Å²) in [5.74, 6) is -0.411. The van der Waals surface area contributed by atoms with Gasteiger partial charge in [0.25, 0.3) is 0 Å². The van der Waals surface area contributed by atoms with Crippen LogP contribution < -0.4 is 10.6 Å². The number of nitrogens with zero attached hydrogens (tertiary/aromatic N) is 2. The van der Waals surface area contributed by atoms with Crippen molar-refractivity contribution in [2.75, 3.05) is 12.8 Å². The van der Waals surface area contributed by atoms with Crippen LogP contribution in [0.25, 0.3) is 0 Å². The van der Waals surface area contributed by atoms with Gasteiger partial charge in [0, 0.05) is 14.0 Å². The highest BCUT2D eigenvalue weighted by Gasteiger charge is 2.11. The molecule has 7 heteroatoms. The monoisotopic (exact) mass is 242 g/mol. The molecule has 0 aliphatic heterocycles. The molecule has 0 heterocycles. The molecule has 88 valence electrons. The van der Waals surface area contributed by atoms with Crippen molar-refractivity contribution in [2.45, 2.75) is 19.2 Å². The molecule has 0 aromatic rings. The zero-order valence-corrected chi connectivity index (χ0v) is 10.2. The van der Waals surface area contributed by atoms with E-state index in [9.17, 15) is 9.59 Å². The van der Waals surface area contributed by atoms with Gasteiger partial charge in [-0.1, -0.05) is 0 Å². The van der Waals surface area contributed by atoms with Crippen LogP contribution in [0.15, 0.2) is 4.99 Å². The Bertz CT molecular complexity index is 335. The van der Waals surface area contributed by atoms with Crippen LogP contribution in [0.4, 0.5) is 0 Å². The Labute approximate surface area is 98.5 Å². The molecule has 1 unspecified atom stereocenters. The lowest BCUT2D eigenvalue weighted by Gasteiger charge is -2.14. The van der Waals surface area contributed by atoms with Gasteiger partial charge in [-0.05, 0) is 6.92 Å². The maximum Gasteiger partial charge on any atom is 0.207 e. The van der Waals surface area contributed by atoms with Crippen molar-refractivity contribution in [3.8, 4) is 6.19 Å². The minimum atomic E-state index is -0.445. The Morgan fingerprint density at radius 1 is 1.56 bits per heavy atom. The molecule has 0 spiro atoms. The molecule has 1 atom stereocenters. The Morgan fingerprint density at radius 3 is 2.62 bits per heavy atom. The van der Waals surface area contributed by atoms with E-state index in [0.29, 0.717) is 5.96 Å². The molecule has 0 aromatic carbocycles. The minimum absolute atomic E-state index is 0.118. The van der Waals surface area contributed by atoms with E-state index in [1.54, 1.807) is 6.19 Å². The van der Waals surface area contributed by atoms with E-state index in [-0.39, 0.29) is 11.1 Å². The second kappa shape index (κ2) is 7.70. The quantitative estimate of drug-likeness (QED) is 0.174. The fourth-order valence-corrected chi connectivity index (χ4v) is 1.55. The van der Waals surface area contributed by atoms with Crippen molar-refractivity contribution >= 4 is 29.3 Å². The summed E-state index contributed by atoms with van der Waals surface area (Å²) in [4.78, 5) is 25.5. The third kappa shape index (κ3) is 6.03. The van der Waals surface area contributed by atoms with Gasteiger partial charge in [0.05, 0.1) is 11.1 Å². The number of hydrogen-bond acceptors (Lipinski definition) is 5. The third-order valence-corrected chi connectivity index (χ3v) is 2.64. The predicted molar refractivity (Wildman–Crippen MR) is 62.9 cm³/mol. The molecule has 0 aliphatic rings. The number of ketones is 2. The Kier molecular flexibility index (Phi) is 6.96. The second-order valence-electron chi connectivity index (χ2n) is 2.89. The molecule has 0 radical (unpaired) electrons. The molecule has 6 nitrogen and oxygen atoms in total. The number of carbonyl (C=O) groups is 2. The molecule has 0 saturated heterocycles. The molecule has 0 aliphatic carbocycles. The van der Waals surface area contributed by atoms with Gasteiger partial charge in [0.15, 0.2) is 12.0 Å². The molecule has 0 bridgehead atoms. The summed E-state index contributed by atoms with van der Waals surface area (Å²) < 4.78 is 0. The Morgan fingerprint density at radius 2 is 2.19 bits per heavy atom. The maximum absolute atomic E-state index is 11.0. The van der Waals surface area contributed by atoms with Gasteiger partial charge in [0.1, 0.15) is 0 Å². The van der Waals surface area contributed by atoms with E-state index in [2.05, 4.69) is 15.6 Å². The summed E-state index contributed by atoms with van der Waals surface area (Å²) in [7, 11) is 1.53. The average molecular weight is 242 g/mol. The molecule has 0 fully saturated rings. The summed E-state index contributed by atoms with van der Waals surface area (Å²) in [5, 5.41) is 13.5. The van der Waals surface area contributed by atoms with Crippen molar-refractivity contribution in [3.63, 3.8) is 0 Å². The van der Waals surface area contributed by atoms with Crippen LogP contribution in [-0.4, -0.2) is 35.7 Å². The van der Waals surface area contributed by atoms with Gasteiger partial charge in [-0.2, -0.15) is 5.26 Å². The standard InChI is InChI=1S/C9H14N4O2S/c1-6(14)8(15)4-16-7(2)13-9(11-3)12-5-10/h7H,4H2,1-3H3,(H2,11,12,13). The number of rotatable bonds is 5. The largest absolute Gasteiger partial charge is 0.344 e. The van der Waals surface area contributed by atoms with E-state index in [1.807, 2.05) is 6.92 Å². The number of aliphatic imine (C=N–C) groups is 1. The van der Waals surface area contributed by atoms with Crippen LogP contribution in [0, 0.1) is 11.5 Å². The first kappa shape index (κ1) is 14.5. The van der Waals surface area contributed by atoms with Gasteiger partial charge >= 0.3 is 0 Å². The molecule has 2 N–H and O–H groups in total. The van der Waals surface area contributed by atoms with Crippen molar-refractivity contribution < 1.29 is 9.59 Å². The van der Waals surface area contributed by atoms with E-state index < -0.39 is 11.6 Å². The van der Waals surface area contributed by atoms with Crippen molar-refractivity contribution in [3.05, 3.63) is 0 Å². The summed E-state index contributed by atoms with van der Waals surface area (Å²) in [5.41, 5.74) is 0. The molecule has 0 aromatic heterocycles. The SMILES string of the molecule is CN=C(NC#N)NC(C)SCC(=O)C(C)=O. The minimum Gasteiger partial charge on any atom is -0.344 e. The van der Waals surface area contributed by atoms with Crippen LogP contribution in [0.5, 0.6) is 0 Å². The van der Waals surface area contributed by atoms with Crippen LogP contribution in [-0.2, 0) is 9.59 Å². The molecule has 0 amide bonds. The van der Waals surface area contributed by atoms with Gasteiger partial charge in [-0.25, -0.2) is 0 Å². The molecular weight excluding hydrogens is 228 g/mol. The molecular formula is C9H14N4O2S. The lowest BCUT2D eigenvalue weighted by atomic mass is 10.3. The first-order valence-corrected chi connectivity index (χ1v) is 5.60. The number of Topliss-reactive ketones (excluding diaryl/α,β-unsaturated/α-hetero) is 2. The first-order valence-electron chi connectivity index (χ1n) is 4.55. The smallest absolute Gasteiger partial charge is 0.207 e. The third-order valence-electron chi connectivity index (χ3n) is 1.59. The van der Waals surface area contributed by atoms with Gasteiger partial charge in [0.2, 0.25) is 11.7 Å². The zero-order valence-electron chi connectivity index (χ0n) is 9.40. The highest BCUT2D eigenvalue weighted by molar-refractivity contribution is 8.00. The fraction of sp³-hybridized carbons (Fsp3) is 0.556. The van der Waals surface area contributed by atoms with Crippen molar-refractivity contribution in [1.82, 2.24) is 10.6 Å². The molecule has 0 saturated carbocycles. The number of nitrogens with one attached hydrogen (secondary N) is 2.